The molecule has 0 bridgehead atoms. The van der Waals surface area contributed by atoms with Gasteiger partial charge in [-0.05, 0) is 18.9 Å². The molecule has 7 heteroatoms. The first-order chi connectivity index (χ1) is 11.5. The number of nitrogens with zero attached hydrogens (tertiary/aromatic N) is 3. The first kappa shape index (κ1) is 16.5. The summed E-state index contributed by atoms with van der Waals surface area (Å²) >= 11 is 6.24. The average Bonchev–Trinajstić information content (AvgIpc) is 2.96. The topological polar surface area (TPSA) is 75.4 Å². The minimum Gasteiger partial charge on any atom is -0.481 e. The van der Waals surface area contributed by atoms with Gasteiger partial charge in [0.05, 0.1) is 16.5 Å². The Hall–Kier alpha value is -2.34. The average molecular weight is 348 g/mol. The molecule has 0 saturated carbocycles. The number of piperidine rings is 1. The molecule has 1 aromatic heterocycles. The number of amides is 1. The minimum absolute atomic E-state index is 0.205. The van der Waals surface area contributed by atoms with Crippen molar-refractivity contribution >= 4 is 23.5 Å². The maximum atomic E-state index is 12.9. The molecular weight excluding hydrogens is 330 g/mol. The second-order valence-corrected chi connectivity index (χ2v) is 6.38. The number of carboxylic acid groups (broad SMARTS) is 1. The van der Waals surface area contributed by atoms with Gasteiger partial charge in [-0.3, -0.25) is 14.3 Å². The van der Waals surface area contributed by atoms with Gasteiger partial charge in [-0.2, -0.15) is 5.10 Å². The number of halogens is 1. The summed E-state index contributed by atoms with van der Waals surface area (Å²) in [5, 5.41) is 14.1. The van der Waals surface area contributed by atoms with Crippen LogP contribution in [-0.4, -0.2) is 44.8 Å². The zero-order valence-electron chi connectivity index (χ0n) is 13.3. The second kappa shape index (κ2) is 6.65. The fraction of sp³-hybridized carbons (Fsp3) is 0.353. The molecule has 1 amide bonds. The monoisotopic (exact) mass is 347 g/mol. The number of aryl methyl sites for hydroxylation is 1. The fourth-order valence-corrected chi connectivity index (χ4v) is 3.26. The predicted octanol–water partition coefficient (Wildman–Crippen LogP) is 2.68. The van der Waals surface area contributed by atoms with Gasteiger partial charge in [0, 0.05) is 31.9 Å². The summed E-state index contributed by atoms with van der Waals surface area (Å²) in [6.07, 6.45) is 2.94. The molecule has 24 heavy (non-hydrogen) atoms. The van der Waals surface area contributed by atoms with Gasteiger partial charge in [-0.25, -0.2) is 0 Å². The standard InChI is InChI=1S/C17H18ClN3O3/c1-20-10-13(15(19-20)12-6-2-3-7-14(12)18)16(22)21-8-4-5-11(9-21)17(23)24/h2-3,6-7,10-11H,4-5,8-9H2,1H3,(H,23,24). The van der Waals surface area contributed by atoms with Gasteiger partial charge >= 0.3 is 5.97 Å². The van der Waals surface area contributed by atoms with E-state index in [0.29, 0.717) is 41.2 Å². The third-order valence-corrected chi connectivity index (χ3v) is 4.58. The molecule has 1 unspecified atom stereocenters. The van der Waals surface area contributed by atoms with Crippen LogP contribution in [0.5, 0.6) is 0 Å². The Morgan fingerprint density at radius 2 is 2.08 bits per heavy atom. The van der Waals surface area contributed by atoms with Crippen LogP contribution in [0.3, 0.4) is 0 Å². The van der Waals surface area contributed by atoms with Crippen molar-refractivity contribution in [2.75, 3.05) is 13.1 Å². The Morgan fingerprint density at radius 3 is 2.79 bits per heavy atom. The number of aliphatic carboxylic acids is 1. The zero-order valence-corrected chi connectivity index (χ0v) is 14.0. The highest BCUT2D eigenvalue weighted by atomic mass is 35.5. The Labute approximate surface area is 144 Å². The maximum Gasteiger partial charge on any atom is 0.308 e. The SMILES string of the molecule is Cn1cc(C(=O)N2CCCC(C(=O)O)C2)c(-c2ccccc2Cl)n1. The van der Waals surface area contributed by atoms with Gasteiger partial charge in [0.25, 0.3) is 5.91 Å². The quantitative estimate of drug-likeness (QED) is 0.926. The molecule has 1 saturated heterocycles. The summed E-state index contributed by atoms with van der Waals surface area (Å²) < 4.78 is 1.57. The Bertz CT molecular complexity index is 787. The molecular formula is C17H18ClN3O3. The van der Waals surface area contributed by atoms with Crippen LogP contribution in [0, 0.1) is 5.92 Å². The molecule has 0 spiro atoms. The first-order valence-electron chi connectivity index (χ1n) is 7.78. The van der Waals surface area contributed by atoms with E-state index in [1.165, 1.54) is 0 Å². The second-order valence-electron chi connectivity index (χ2n) is 5.97. The Morgan fingerprint density at radius 1 is 1.33 bits per heavy atom. The number of carbonyl (C=O) groups is 2. The van der Waals surface area contributed by atoms with Crippen molar-refractivity contribution in [1.29, 1.82) is 0 Å². The fourth-order valence-electron chi connectivity index (χ4n) is 3.03. The molecule has 3 rings (SSSR count). The van der Waals surface area contributed by atoms with E-state index in [1.807, 2.05) is 18.2 Å². The summed E-state index contributed by atoms with van der Waals surface area (Å²) in [7, 11) is 1.74. The van der Waals surface area contributed by atoms with Crippen LogP contribution in [0.4, 0.5) is 0 Å². The van der Waals surface area contributed by atoms with Gasteiger partial charge in [-0.15, -0.1) is 0 Å². The third-order valence-electron chi connectivity index (χ3n) is 4.25. The molecule has 1 aliphatic heterocycles. The van der Waals surface area contributed by atoms with E-state index in [1.54, 1.807) is 28.9 Å². The lowest BCUT2D eigenvalue weighted by Crippen LogP contribution is -2.42. The number of hydrogen-bond acceptors (Lipinski definition) is 3. The minimum atomic E-state index is -0.856. The highest BCUT2D eigenvalue weighted by Crippen LogP contribution is 2.30. The summed E-state index contributed by atoms with van der Waals surface area (Å²) in [5.41, 5.74) is 1.65. The van der Waals surface area contributed by atoms with E-state index < -0.39 is 11.9 Å². The predicted molar refractivity (Wildman–Crippen MR) is 89.9 cm³/mol. The zero-order chi connectivity index (χ0) is 17.3. The van der Waals surface area contributed by atoms with Crippen molar-refractivity contribution in [3.8, 4) is 11.3 Å². The van der Waals surface area contributed by atoms with Crippen LogP contribution in [0.2, 0.25) is 5.02 Å². The van der Waals surface area contributed by atoms with Crippen LogP contribution in [-0.2, 0) is 11.8 Å². The van der Waals surface area contributed by atoms with Gasteiger partial charge in [0.15, 0.2) is 0 Å². The van der Waals surface area contributed by atoms with Crippen molar-refractivity contribution in [2.45, 2.75) is 12.8 Å². The van der Waals surface area contributed by atoms with Crippen LogP contribution in [0.1, 0.15) is 23.2 Å². The molecule has 0 aliphatic carbocycles. The molecule has 1 aromatic carbocycles. The Balaban J connectivity index is 1.94. The molecule has 0 radical (unpaired) electrons. The summed E-state index contributed by atoms with van der Waals surface area (Å²) in [6, 6.07) is 7.22. The summed E-state index contributed by atoms with van der Waals surface area (Å²) in [6.45, 7) is 0.782. The maximum absolute atomic E-state index is 12.9. The van der Waals surface area contributed by atoms with Gasteiger partial charge < -0.3 is 10.0 Å². The normalized spacial score (nSPS) is 17.8. The number of hydrogen-bond donors (Lipinski definition) is 1. The van der Waals surface area contributed by atoms with E-state index >= 15 is 0 Å². The highest BCUT2D eigenvalue weighted by molar-refractivity contribution is 6.33. The number of likely N-dealkylation sites (tertiary alicyclic amines) is 1. The smallest absolute Gasteiger partial charge is 0.308 e. The summed E-state index contributed by atoms with van der Waals surface area (Å²) in [5.74, 6) is -1.57. The van der Waals surface area contributed by atoms with E-state index in [0.717, 1.165) is 0 Å². The number of carbonyl (C=O) groups excluding carboxylic acids is 1. The van der Waals surface area contributed by atoms with Crippen molar-refractivity contribution in [1.82, 2.24) is 14.7 Å². The summed E-state index contributed by atoms with van der Waals surface area (Å²) in [4.78, 5) is 25.7. The molecule has 1 atom stereocenters. The molecule has 126 valence electrons. The lowest BCUT2D eigenvalue weighted by atomic mass is 9.97. The van der Waals surface area contributed by atoms with Crippen LogP contribution in [0.15, 0.2) is 30.5 Å². The van der Waals surface area contributed by atoms with E-state index in [-0.39, 0.29) is 12.5 Å². The number of rotatable bonds is 3. The molecule has 6 nitrogen and oxygen atoms in total. The van der Waals surface area contributed by atoms with E-state index in [2.05, 4.69) is 5.10 Å². The van der Waals surface area contributed by atoms with E-state index in [4.69, 9.17) is 11.6 Å². The first-order valence-corrected chi connectivity index (χ1v) is 8.16. The third kappa shape index (κ3) is 3.14. The van der Waals surface area contributed by atoms with Crippen molar-refractivity contribution in [3.63, 3.8) is 0 Å². The highest BCUT2D eigenvalue weighted by Gasteiger charge is 2.30. The van der Waals surface area contributed by atoms with Crippen LogP contribution < -0.4 is 0 Å². The van der Waals surface area contributed by atoms with Gasteiger partial charge in [0.1, 0.15) is 5.69 Å². The number of benzene rings is 1. The van der Waals surface area contributed by atoms with E-state index in [9.17, 15) is 14.7 Å². The number of carboxylic acids is 1. The van der Waals surface area contributed by atoms with Crippen molar-refractivity contribution in [3.05, 3.63) is 41.0 Å². The van der Waals surface area contributed by atoms with Crippen LogP contribution >= 0.6 is 11.6 Å². The lowest BCUT2D eigenvalue weighted by molar-refractivity contribution is -0.143. The lowest BCUT2D eigenvalue weighted by Gasteiger charge is -2.30. The van der Waals surface area contributed by atoms with Gasteiger partial charge in [0.2, 0.25) is 0 Å². The van der Waals surface area contributed by atoms with Crippen molar-refractivity contribution in [2.24, 2.45) is 13.0 Å². The van der Waals surface area contributed by atoms with Crippen LogP contribution in [0.25, 0.3) is 11.3 Å². The molecule has 2 aromatic rings. The molecule has 2 heterocycles. The van der Waals surface area contributed by atoms with Crippen molar-refractivity contribution < 1.29 is 14.7 Å². The molecule has 1 aliphatic rings. The number of aromatic nitrogens is 2. The largest absolute Gasteiger partial charge is 0.481 e. The van der Waals surface area contributed by atoms with Gasteiger partial charge in [-0.1, -0.05) is 29.8 Å². The molecule has 1 fully saturated rings. The molecule has 1 N–H and O–H groups in total. The Kier molecular flexibility index (Phi) is 4.57.